The quantitative estimate of drug-likeness (QED) is 0.238. The van der Waals surface area contributed by atoms with Crippen LogP contribution in [-0.4, -0.2) is 56.5 Å². The fourth-order valence-corrected chi connectivity index (χ4v) is 5.78. The van der Waals surface area contributed by atoms with Gasteiger partial charge in [0.15, 0.2) is 0 Å². The Kier molecular flexibility index (Phi) is 8.95. The highest BCUT2D eigenvalue weighted by Crippen LogP contribution is 2.36. The van der Waals surface area contributed by atoms with Gasteiger partial charge >= 0.3 is 0 Å². The summed E-state index contributed by atoms with van der Waals surface area (Å²) in [6.45, 7) is 9.87. The molecule has 2 fully saturated rings. The molecule has 0 spiro atoms. The molecule has 4 N–H and O–H groups in total. The zero-order valence-corrected chi connectivity index (χ0v) is 24.1. The Bertz CT molecular complexity index is 1340. The summed E-state index contributed by atoms with van der Waals surface area (Å²) < 4.78 is 0. The fraction of sp³-hybridized carbons (Fsp3) is 0.438. The van der Waals surface area contributed by atoms with Crippen LogP contribution in [0.2, 0.25) is 0 Å². The smallest absolute Gasteiger partial charge is 0.256 e. The van der Waals surface area contributed by atoms with Crippen LogP contribution in [-0.2, 0) is 5.60 Å². The highest BCUT2D eigenvalue weighted by molar-refractivity contribution is 5.99. The maximum Gasteiger partial charge on any atom is 0.256 e. The molecule has 0 radical (unpaired) electrons. The Hall–Kier alpha value is -3.82. The van der Waals surface area contributed by atoms with Crippen LogP contribution in [0.1, 0.15) is 79.9 Å². The summed E-state index contributed by atoms with van der Waals surface area (Å²) in [5.74, 6) is 1.38. The van der Waals surface area contributed by atoms with Crippen LogP contribution in [0.5, 0.6) is 0 Å². The molecule has 0 bridgehead atoms. The third-order valence-electron chi connectivity index (χ3n) is 8.05. The highest BCUT2D eigenvalue weighted by atomic mass is 16.3. The number of carbonyl (C=O) groups is 1. The van der Waals surface area contributed by atoms with Crippen molar-refractivity contribution in [3.8, 4) is 0 Å². The first-order valence-corrected chi connectivity index (χ1v) is 14.6. The van der Waals surface area contributed by atoms with Gasteiger partial charge in [-0.15, -0.1) is 6.58 Å². The molecule has 0 unspecified atom stereocenters. The van der Waals surface area contributed by atoms with Crippen LogP contribution in [0.25, 0.3) is 0 Å². The number of amides is 1. The molecule has 1 aromatic carbocycles. The number of nitrogens with zero attached hydrogens (tertiary/aromatic N) is 4. The summed E-state index contributed by atoms with van der Waals surface area (Å²) >= 11 is 0. The monoisotopic (exact) mass is 555 g/mol. The van der Waals surface area contributed by atoms with E-state index in [-0.39, 0.29) is 11.5 Å². The van der Waals surface area contributed by atoms with E-state index in [0.717, 1.165) is 11.7 Å². The van der Waals surface area contributed by atoms with Crippen molar-refractivity contribution >= 4 is 29.2 Å². The van der Waals surface area contributed by atoms with Gasteiger partial charge in [-0.05, 0) is 101 Å². The Labute approximate surface area is 242 Å². The summed E-state index contributed by atoms with van der Waals surface area (Å²) in [6.07, 6.45) is 10.9. The van der Waals surface area contributed by atoms with Gasteiger partial charge in [0.1, 0.15) is 22.8 Å². The standard InChI is InChI=1S/C32H41N7O2/c1-4-18-33-30(40)26-21-34-31(38-29(26)37-28-9-7-8-27(36-28)32(2,3)41)35-24-14-10-22(11-15-24)23-12-16-25(17-13-23)39-19-5-6-20-39/h4,7-11,14-15,21,23,25,41H,1,5-6,12-13,16-20H2,2-3H3,(H,33,40)(H2,34,35,36,37,38). The molecule has 3 heterocycles. The lowest BCUT2D eigenvalue weighted by atomic mass is 9.81. The van der Waals surface area contributed by atoms with Crippen LogP contribution in [0, 0.1) is 0 Å². The minimum absolute atomic E-state index is 0.271. The minimum atomic E-state index is -1.11. The van der Waals surface area contributed by atoms with E-state index in [1.807, 2.05) is 0 Å². The van der Waals surface area contributed by atoms with Crippen molar-refractivity contribution in [2.24, 2.45) is 0 Å². The van der Waals surface area contributed by atoms with E-state index < -0.39 is 5.60 Å². The van der Waals surface area contributed by atoms with Crippen LogP contribution >= 0.6 is 0 Å². The van der Waals surface area contributed by atoms with Crippen molar-refractivity contribution in [1.29, 1.82) is 0 Å². The van der Waals surface area contributed by atoms with E-state index in [4.69, 9.17) is 0 Å². The lowest BCUT2D eigenvalue weighted by Gasteiger charge is -2.34. The first-order chi connectivity index (χ1) is 19.8. The molecule has 3 aromatic rings. The Morgan fingerprint density at radius 1 is 1.05 bits per heavy atom. The average Bonchev–Trinajstić information content (AvgIpc) is 3.52. The number of carbonyl (C=O) groups excluding carboxylic acids is 1. The van der Waals surface area contributed by atoms with Crippen molar-refractivity contribution in [1.82, 2.24) is 25.2 Å². The molecule has 216 valence electrons. The third kappa shape index (κ3) is 7.28. The summed E-state index contributed by atoms with van der Waals surface area (Å²) in [5.41, 5.74) is 1.91. The molecule has 1 saturated heterocycles. The topological polar surface area (TPSA) is 115 Å². The maximum atomic E-state index is 12.8. The van der Waals surface area contributed by atoms with E-state index in [9.17, 15) is 9.90 Å². The van der Waals surface area contributed by atoms with Crippen LogP contribution < -0.4 is 16.0 Å². The number of aromatic nitrogens is 3. The van der Waals surface area contributed by atoms with E-state index in [2.05, 4.69) is 66.6 Å². The zero-order valence-electron chi connectivity index (χ0n) is 24.1. The van der Waals surface area contributed by atoms with Gasteiger partial charge in [-0.3, -0.25) is 4.79 Å². The third-order valence-corrected chi connectivity index (χ3v) is 8.05. The fourth-order valence-electron chi connectivity index (χ4n) is 5.78. The second kappa shape index (κ2) is 12.8. The molecule has 2 aliphatic rings. The summed E-state index contributed by atoms with van der Waals surface area (Å²) in [6, 6.07) is 14.6. The maximum absolute atomic E-state index is 12.8. The number of rotatable bonds is 10. The highest BCUT2D eigenvalue weighted by Gasteiger charge is 2.28. The average molecular weight is 556 g/mol. The Morgan fingerprint density at radius 2 is 1.78 bits per heavy atom. The van der Waals surface area contributed by atoms with Crippen LogP contribution in [0.4, 0.5) is 23.3 Å². The van der Waals surface area contributed by atoms with Gasteiger partial charge in [-0.2, -0.15) is 4.98 Å². The number of benzene rings is 1. The SMILES string of the molecule is C=CCNC(=O)c1cnc(Nc2ccc(C3CCC(N4CCCC4)CC3)cc2)nc1Nc1cccc(C(C)(C)O)n1. The van der Waals surface area contributed by atoms with E-state index in [0.29, 0.717) is 35.7 Å². The lowest BCUT2D eigenvalue weighted by molar-refractivity contribution is 0.0740. The molecule has 5 rings (SSSR count). The van der Waals surface area contributed by atoms with Crippen molar-refractivity contribution < 1.29 is 9.90 Å². The second-order valence-electron chi connectivity index (χ2n) is 11.5. The van der Waals surface area contributed by atoms with Crippen LogP contribution in [0.3, 0.4) is 0 Å². The first-order valence-electron chi connectivity index (χ1n) is 14.6. The van der Waals surface area contributed by atoms with Crippen molar-refractivity contribution in [2.45, 2.75) is 69.9 Å². The van der Waals surface area contributed by atoms with Gasteiger partial charge in [-0.25, -0.2) is 9.97 Å². The van der Waals surface area contributed by atoms with E-state index in [1.165, 1.54) is 63.4 Å². The number of aliphatic hydroxyl groups is 1. The Morgan fingerprint density at radius 3 is 2.46 bits per heavy atom. The number of nitrogens with one attached hydrogen (secondary N) is 3. The molecule has 9 heteroatoms. The lowest BCUT2D eigenvalue weighted by Crippen LogP contribution is -2.35. The number of hydrogen-bond acceptors (Lipinski definition) is 8. The van der Waals surface area contributed by atoms with Gasteiger partial charge in [0.2, 0.25) is 5.95 Å². The van der Waals surface area contributed by atoms with Gasteiger partial charge in [0, 0.05) is 24.5 Å². The van der Waals surface area contributed by atoms with Crippen molar-refractivity contribution in [3.63, 3.8) is 0 Å². The van der Waals surface area contributed by atoms with Gasteiger partial charge in [0.05, 0.1) is 5.69 Å². The number of pyridine rings is 1. The van der Waals surface area contributed by atoms with Crippen LogP contribution in [0.15, 0.2) is 61.3 Å². The number of likely N-dealkylation sites (tertiary alicyclic amines) is 1. The molecule has 1 saturated carbocycles. The normalized spacial score (nSPS) is 19.5. The first kappa shape index (κ1) is 28.7. The van der Waals surface area contributed by atoms with E-state index in [1.54, 1.807) is 38.1 Å². The number of hydrogen-bond donors (Lipinski definition) is 4. The molecule has 9 nitrogen and oxygen atoms in total. The molecule has 1 aliphatic heterocycles. The van der Waals surface area contributed by atoms with Gasteiger partial charge in [0.25, 0.3) is 5.91 Å². The van der Waals surface area contributed by atoms with Crippen molar-refractivity contribution in [2.75, 3.05) is 30.3 Å². The number of anilines is 4. The molecule has 1 amide bonds. The summed E-state index contributed by atoms with van der Waals surface area (Å²) in [5, 5.41) is 19.6. The molecule has 41 heavy (non-hydrogen) atoms. The summed E-state index contributed by atoms with van der Waals surface area (Å²) in [7, 11) is 0. The molecular formula is C32H41N7O2. The Balaban J connectivity index is 1.29. The van der Waals surface area contributed by atoms with Crippen molar-refractivity contribution in [3.05, 3.63) is 78.1 Å². The molecule has 0 atom stereocenters. The largest absolute Gasteiger partial charge is 0.384 e. The molecule has 2 aromatic heterocycles. The predicted molar refractivity (Wildman–Crippen MR) is 163 cm³/mol. The second-order valence-corrected chi connectivity index (χ2v) is 11.5. The van der Waals surface area contributed by atoms with Gasteiger partial charge in [-0.1, -0.05) is 24.3 Å². The minimum Gasteiger partial charge on any atom is -0.384 e. The molecular weight excluding hydrogens is 514 g/mol. The van der Waals surface area contributed by atoms with E-state index >= 15 is 0 Å². The van der Waals surface area contributed by atoms with Gasteiger partial charge < -0.3 is 26.0 Å². The molecule has 1 aliphatic carbocycles. The predicted octanol–water partition coefficient (Wildman–Crippen LogP) is 5.62. The zero-order chi connectivity index (χ0) is 28.8. The summed E-state index contributed by atoms with van der Waals surface area (Å²) in [4.78, 5) is 29.1.